The van der Waals surface area contributed by atoms with Crippen LogP contribution in [0.1, 0.15) is 29.0 Å². The van der Waals surface area contributed by atoms with Gasteiger partial charge in [-0.05, 0) is 47.5 Å². The highest BCUT2D eigenvalue weighted by atomic mass is 16.7. The number of hydrogen-bond donors (Lipinski definition) is 1. The molecule has 4 nitrogen and oxygen atoms in total. The van der Waals surface area contributed by atoms with Crippen LogP contribution in [0.3, 0.4) is 0 Å². The molecule has 1 heterocycles. The first kappa shape index (κ1) is 18.4. The molecule has 1 atom stereocenters. The number of methoxy groups -OCH3 is 1. The number of hydrogen-bond acceptors (Lipinski definition) is 3. The van der Waals surface area contributed by atoms with Gasteiger partial charge in [0.25, 0.3) is 0 Å². The van der Waals surface area contributed by atoms with Gasteiger partial charge in [-0.15, -0.1) is 0 Å². The van der Waals surface area contributed by atoms with Gasteiger partial charge in [0.05, 0.1) is 13.7 Å². The maximum Gasteiger partial charge on any atom is 0.231 e. The van der Waals surface area contributed by atoms with E-state index in [1.807, 2.05) is 18.2 Å². The molecule has 0 bridgehead atoms. The quantitative estimate of drug-likeness (QED) is 0.610. The highest BCUT2D eigenvalue weighted by molar-refractivity contribution is 5.47. The molecule has 0 aliphatic carbocycles. The van der Waals surface area contributed by atoms with Crippen LogP contribution in [0.2, 0.25) is 0 Å². The lowest BCUT2D eigenvalue weighted by atomic mass is 9.88. The lowest BCUT2D eigenvalue weighted by Crippen LogP contribution is -2.82. The van der Waals surface area contributed by atoms with Crippen LogP contribution in [0.15, 0.2) is 72.8 Å². The first-order valence-electron chi connectivity index (χ1n) is 9.72. The lowest BCUT2D eigenvalue weighted by molar-refractivity contribution is -0.671. The van der Waals surface area contributed by atoms with Crippen molar-refractivity contribution < 1.29 is 19.5 Å². The van der Waals surface area contributed by atoms with E-state index in [-0.39, 0.29) is 0 Å². The lowest BCUT2D eigenvalue weighted by Gasteiger charge is -2.18. The van der Waals surface area contributed by atoms with Crippen molar-refractivity contribution in [2.24, 2.45) is 0 Å². The van der Waals surface area contributed by atoms with Crippen molar-refractivity contribution in [3.8, 4) is 17.2 Å². The molecule has 1 aliphatic heterocycles. The molecule has 0 saturated heterocycles. The third-order valence-electron chi connectivity index (χ3n) is 5.20. The Kier molecular flexibility index (Phi) is 5.78. The molecule has 0 fully saturated rings. The molecule has 0 aromatic heterocycles. The topological polar surface area (TPSA) is 44.3 Å². The minimum atomic E-state index is 0.310. The maximum absolute atomic E-state index is 5.59. The monoisotopic (exact) mass is 376 g/mol. The Balaban J connectivity index is 1.42. The standard InChI is InChI=1S/C24H25NO3/c1-26-21-10-7-18(8-11-21)16-25-14-13-22(19-5-3-2-4-6-19)20-9-12-23-24(15-20)28-17-27-23/h2-12,15,22,25H,13-14,16-17H2,1H3/p+1/t22-/m1/s1. The molecule has 0 amide bonds. The molecule has 28 heavy (non-hydrogen) atoms. The van der Waals surface area contributed by atoms with Crippen molar-refractivity contribution in [2.45, 2.75) is 18.9 Å². The zero-order valence-corrected chi connectivity index (χ0v) is 16.1. The van der Waals surface area contributed by atoms with Crippen molar-refractivity contribution in [2.75, 3.05) is 20.4 Å². The third kappa shape index (κ3) is 4.29. The predicted molar refractivity (Wildman–Crippen MR) is 109 cm³/mol. The minimum absolute atomic E-state index is 0.310. The van der Waals surface area contributed by atoms with Gasteiger partial charge in [0.15, 0.2) is 11.5 Å². The Hall–Kier alpha value is -2.98. The van der Waals surface area contributed by atoms with Gasteiger partial charge in [0.2, 0.25) is 6.79 Å². The van der Waals surface area contributed by atoms with Crippen molar-refractivity contribution >= 4 is 0 Å². The molecular formula is C24H26NO3+. The van der Waals surface area contributed by atoms with Gasteiger partial charge in [0, 0.05) is 17.9 Å². The van der Waals surface area contributed by atoms with Crippen molar-refractivity contribution in [3.05, 3.63) is 89.5 Å². The normalized spacial score (nSPS) is 13.3. The summed E-state index contributed by atoms with van der Waals surface area (Å²) in [6.45, 7) is 2.32. The molecule has 144 valence electrons. The first-order valence-corrected chi connectivity index (χ1v) is 9.72. The summed E-state index contributed by atoms with van der Waals surface area (Å²) in [6, 6.07) is 25.3. The molecule has 2 N–H and O–H groups in total. The second-order valence-electron chi connectivity index (χ2n) is 6.99. The Bertz CT molecular complexity index is 893. The number of ether oxygens (including phenoxy) is 3. The summed E-state index contributed by atoms with van der Waals surface area (Å²) in [6.07, 6.45) is 1.06. The fraction of sp³-hybridized carbons (Fsp3) is 0.250. The predicted octanol–water partition coefficient (Wildman–Crippen LogP) is 3.71. The average molecular weight is 376 g/mol. The fourth-order valence-electron chi connectivity index (χ4n) is 3.66. The Morgan fingerprint density at radius 2 is 1.68 bits per heavy atom. The van der Waals surface area contributed by atoms with Gasteiger partial charge in [-0.3, -0.25) is 0 Å². The highest BCUT2D eigenvalue weighted by Gasteiger charge is 2.19. The zero-order chi connectivity index (χ0) is 19.2. The van der Waals surface area contributed by atoms with Gasteiger partial charge in [-0.25, -0.2) is 0 Å². The van der Waals surface area contributed by atoms with E-state index in [2.05, 4.69) is 59.9 Å². The molecule has 4 rings (SSSR count). The summed E-state index contributed by atoms with van der Waals surface area (Å²) >= 11 is 0. The summed E-state index contributed by atoms with van der Waals surface area (Å²) in [4.78, 5) is 0. The average Bonchev–Trinajstić information content (AvgIpc) is 3.23. The third-order valence-corrected chi connectivity index (χ3v) is 5.20. The van der Waals surface area contributed by atoms with Crippen LogP contribution in [0.5, 0.6) is 17.2 Å². The van der Waals surface area contributed by atoms with E-state index in [0.717, 1.165) is 36.8 Å². The van der Waals surface area contributed by atoms with Crippen LogP contribution in [-0.4, -0.2) is 20.4 Å². The summed E-state index contributed by atoms with van der Waals surface area (Å²) in [7, 11) is 1.70. The Labute approximate surface area is 166 Å². The molecule has 3 aromatic carbocycles. The Morgan fingerprint density at radius 1 is 0.893 bits per heavy atom. The summed E-state index contributed by atoms with van der Waals surface area (Å²) < 4.78 is 16.3. The molecular weight excluding hydrogens is 350 g/mol. The van der Waals surface area contributed by atoms with E-state index < -0.39 is 0 Å². The summed E-state index contributed by atoms with van der Waals surface area (Å²) in [5.74, 6) is 2.92. The molecule has 0 saturated carbocycles. The van der Waals surface area contributed by atoms with Crippen LogP contribution < -0.4 is 19.5 Å². The smallest absolute Gasteiger partial charge is 0.231 e. The second-order valence-corrected chi connectivity index (χ2v) is 6.99. The van der Waals surface area contributed by atoms with Crippen LogP contribution in [-0.2, 0) is 6.54 Å². The van der Waals surface area contributed by atoms with Crippen LogP contribution in [0, 0.1) is 0 Å². The van der Waals surface area contributed by atoms with Crippen molar-refractivity contribution in [1.29, 1.82) is 0 Å². The van der Waals surface area contributed by atoms with Crippen LogP contribution in [0.25, 0.3) is 0 Å². The van der Waals surface area contributed by atoms with E-state index in [4.69, 9.17) is 14.2 Å². The number of benzene rings is 3. The van der Waals surface area contributed by atoms with E-state index >= 15 is 0 Å². The second kappa shape index (κ2) is 8.81. The molecule has 0 unspecified atom stereocenters. The molecule has 0 radical (unpaired) electrons. The number of nitrogens with two attached hydrogens (primary N) is 1. The van der Waals surface area contributed by atoms with Gasteiger partial charge in [0.1, 0.15) is 12.3 Å². The molecule has 4 heteroatoms. The summed E-state index contributed by atoms with van der Waals surface area (Å²) in [5.41, 5.74) is 3.91. The SMILES string of the molecule is COc1ccc(C[NH2+]CC[C@H](c2ccccc2)c2ccc3c(c2)OCO3)cc1. The first-order chi connectivity index (χ1) is 13.8. The number of rotatable bonds is 8. The highest BCUT2D eigenvalue weighted by Crippen LogP contribution is 2.37. The number of quaternary nitrogens is 1. The van der Waals surface area contributed by atoms with E-state index in [0.29, 0.717) is 12.7 Å². The minimum Gasteiger partial charge on any atom is -0.497 e. The fourth-order valence-corrected chi connectivity index (χ4v) is 3.66. The van der Waals surface area contributed by atoms with Gasteiger partial charge in [-0.1, -0.05) is 36.4 Å². The molecule has 0 spiro atoms. The van der Waals surface area contributed by atoms with E-state index in [9.17, 15) is 0 Å². The number of fused-ring (bicyclic) bond motifs is 1. The van der Waals surface area contributed by atoms with Crippen molar-refractivity contribution in [3.63, 3.8) is 0 Å². The molecule has 3 aromatic rings. The van der Waals surface area contributed by atoms with E-state index in [1.54, 1.807) is 7.11 Å². The van der Waals surface area contributed by atoms with Gasteiger partial charge < -0.3 is 19.5 Å². The van der Waals surface area contributed by atoms with Crippen LogP contribution in [0.4, 0.5) is 0 Å². The van der Waals surface area contributed by atoms with Crippen LogP contribution >= 0.6 is 0 Å². The summed E-state index contributed by atoms with van der Waals surface area (Å²) in [5, 5.41) is 2.37. The van der Waals surface area contributed by atoms with Gasteiger partial charge >= 0.3 is 0 Å². The Morgan fingerprint density at radius 3 is 2.46 bits per heavy atom. The largest absolute Gasteiger partial charge is 0.497 e. The van der Waals surface area contributed by atoms with E-state index in [1.165, 1.54) is 16.7 Å². The molecule has 1 aliphatic rings. The maximum atomic E-state index is 5.59. The zero-order valence-electron chi connectivity index (χ0n) is 16.1. The van der Waals surface area contributed by atoms with Gasteiger partial charge in [-0.2, -0.15) is 0 Å². The van der Waals surface area contributed by atoms with Crippen molar-refractivity contribution in [1.82, 2.24) is 0 Å².